The molecule has 1 aromatic heterocycles. The van der Waals surface area contributed by atoms with Gasteiger partial charge in [0.25, 0.3) is 0 Å². The van der Waals surface area contributed by atoms with Crippen LogP contribution in [0.15, 0.2) is 15.9 Å². The molecule has 0 radical (unpaired) electrons. The van der Waals surface area contributed by atoms with Crippen molar-refractivity contribution in [2.75, 3.05) is 5.75 Å². The Morgan fingerprint density at radius 1 is 1.81 bits per heavy atom. The third-order valence-corrected chi connectivity index (χ3v) is 4.75. The van der Waals surface area contributed by atoms with Crippen LogP contribution in [-0.2, 0) is 4.79 Å². The van der Waals surface area contributed by atoms with Gasteiger partial charge in [-0.2, -0.15) is 0 Å². The Morgan fingerprint density at radius 3 is 3.06 bits per heavy atom. The zero-order chi connectivity index (χ0) is 11.6. The second-order valence-corrected chi connectivity index (χ2v) is 6.26. The van der Waals surface area contributed by atoms with E-state index in [2.05, 4.69) is 10.3 Å². The molecule has 1 unspecified atom stereocenters. The number of hydrogen-bond donors (Lipinski definition) is 2. The molecule has 0 saturated heterocycles. The van der Waals surface area contributed by atoms with Gasteiger partial charge in [0.1, 0.15) is 9.88 Å². The highest BCUT2D eigenvalue weighted by molar-refractivity contribution is 8.01. The van der Waals surface area contributed by atoms with Crippen LogP contribution in [0, 0.1) is 0 Å². The number of nitrogens with one attached hydrogen (secondary N) is 1. The minimum absolute atomic E-state index is 0.387. The Labute approximate surface area is 102 Å². The molecule has 1 aliphatic carbocycles. The van der Waals surface area contributed by atoms with Crippen molar-refractivity contribution >= 4 is 29.1 Å². The Morgan fingerprint density at radius 2 is 2.56 bits per heavy atom. The summed E-state index contributed by atoms with van der Waals surface area (Å²) in [7, 11) is 0. The topological polar surface area (TPSA) is 62.2 Å². The summed E-state index contributed by atoms with van der Waals surface area (Å²) in [4.78, 5) is 15.4. The maximum absolute atomic E-state index is 11.3. The molecule has 2 N–H and O–H groups in total. The van der Waals surface area contributed by atoms with E-state index in [1.165, 1.54) is 11.8 Å². The summed E-state index contributed by atoms with van der Waals surface area (Å²) >= 11 is 3.04. The highest BCUT2D eigenvalue weighted by Gasteiger charge is 2.38. The fourth-order valence-corrected chi connectivity index (χ4v) is 3.06. The first-order valence-corrected chi connectivity index (χ1v) is 7.00. The predicted molar refractivity (Wildman–Crippen MR) is 65.0 cm³/mol. The van der Waals surface area contributed by atoms with Crippen LogP contribution in [0.1, 0.15) is 19.8 Å². The molecule has 4 nitrogen and oxygen atoms in total. The molecule has 16 heavy (non-hydrogen) atoms. The van der Waals surface area contributed by atoms with E-state index in [-0.39, 0.29) is 0 Å². The maximum atomic E-state index is 11.3. The summed E-state index contributed by atoms with van der Waals surface area (Å²) < 4.78 is 0.921. The van der Waals surface area contributed by atoms with Crippen molar-refractivity contribution in [1.82, 2.24) is 10.3 Å². The fourth-order valence-electron chi connectivity index (χ4n) is 1.33. The normalized spacial score (nSPS) is 19.3. The van der Waals surface area contributed by atoms with Crippen molar-refractivity contribution in [3.05, 3.63) is 11.6 Å². The lowest BCUT2D eigenvalue weighted by molar-refractivity contribution is -0.143. The van der Waals surface area contributed by atoms with E-state index in [4.69, 9.17) is 0 Å². The van der Waals surface area contributed by atoms with E-state index in [0.29, 0.717) is 11.8 Å². The van der Waals surface area contributed by atoms with Gasteiger partial charge in [0, 0.05) is 23.4 Å². The summed E-state index contributed by atoms with van der Waals surface area (Å²) in [5.41, 5.74) is -0.850. The van der Waals surface area contributed by atoms with Crippen LogP contribution in [0.25, 0.3) is 0 Å². The van der Waals surface area contributed by atoms with Gasteiger partial charge in [-0.1, -0.05) is 11.8 Å². The van der Waals surface area contributed by atoms with Crippen molar-refractivity contribution in [3.63, 3.8) is 0 Å². The molecule has 0 amide bonds. The third-order valence-electron chi connectivity index (χ3n) is 2.47. The lowest BCUT2D eigenvalue weighted by Crippen LogP contribution is -2.52. The quantitative estimate of drug-likeness (QED) is 0.762. The van der Waals surface area contributed by atoms with Crippen molar-refractivity contribution in [2.45, 2.75) is 35.7 Å². The zero-order valence-corrected chi connectivity index (χ0v) is 10.6. The number of carbonyl (C=O) groups is 1. The number of rotatable bonds is 6. The fraction of sp³-hybridized carbons (Fsp3) is 0.600. The minimum Gasteiger partial charge on any atom is -0.480 e. The van der Waals surface area contributed by atoms with Gasteiger partial charge in [0.15, 0.2) is 0 Å². The molecule has 88 valence electrons. The van der Waals surface area contributed by atoms with Crippen LogP contribution in [0.3, 0.4) is 0 Å². The smallest absolute Gasteiger partial charge is 0.324 e. The number of aromatic nitrogens is 1. The van der Waals surface area contributed by atoms with Gasteiger partial charge >= 0.3 is 5.97 Å². The van der Waals surface area contributed by atoms with E-state index in [1.807, 2.05) is 5.38 Å². The number of carboxylic acid groups (broad SMARTS) is 1. The molecule has 1 aromatic rings. The summed E-state index contributed by atoms with van der Waals surface area (Å²) in [6, 6.07) is 0.387. The van der Waals surface area contributed by atoms with Gasteiger partial charge in [-0.3, -0.25) is 10.1 Å². The second-order valence-electron chi connectivity index (χ2n) is 4.14. The largest absolute Gasteiger partial charge is 0.480 e. The van der Waals surface area contributed by atoms with Crippen molar-refractivity contribution in [1.29, 1.82) is 0 Å². The van der Waals surface area contributed by atoms with Crippen LogP contribution in [0.5, 0.6) is 0 Å². The molecule has 1 saturated carbocycles. The summed E-state index contributed by atoms with van der Waals surface area (Å²) in [5.74, 6) is -0.282. The first-order chi connectivity index (χ1) is 7.60. The molecule has 0 aromatic carbocycles. The summed E-state index contributed by atoms with van der Waals surface area (Å²) in [6.07, 6.45) is 3.91. The first-order valence-electron chi connectivity index (χ1n) is 5.13. The SMILES string of the molecule is CC(CSc1nccs1)(NC1CC1)C(=O)O. The van der Waals surface area contributed by atoms with Gasteiger partial charge in [0.05, 0.1) is 0 Å². The number of thioether (sulfide) groups is 1. The van der Waals surface area contributed by atoms with Crippen LogP contribution >= 0.6 is 23.1 Å². The molecule has 6 heteroatoms. The van der Waals surface area contributed by atoms with Crippen LogP contribution < -0.4 is 5.32 Å². The summed E-state index contributed by atoms with van der Waals surface area (Å²) in [5, 5.41) is 14.3. The Bertz CT molecular complexity index is 365. The molecule has 1 atom stereocenters. The van der Waals surface area contributed by atoms with Crippen LogP contribution in [0.2, 0.25) is 0 Å². The molecular weight excluding hydrogens is 244 g/mol. The number of thiazole rings is 1. The van der Waals surface area contributed by atoms with Gasteiger partial charge in [0.2, 0.25) is 0 Å². The second kappa shape index (κ2) is 4.73. The molecule has 0 spiro atoms. The minimum atomic E-state index is -0.850. The highest BCUT2D eigenvalue weighted by atomic mass is 32.2. The van der Waals surface area contributed by atoms with Gasteiger partial charge in [-0.25, -0.2) is 4.98 Å². The van der Waals surface area contributed by atoms with Crippen molar-refractivity contribution in [3.8, 4) is 0 Å². The maximum Gasteiger partial charge on any atom is 0.324 e. The molecule has 0 bridgehead atoms. The van der Waals surface area contributed by atoms with E-state index < -0.39 is 11.5 Å². The van der Waals surface area contributed by atoms with Crippen molar-refractivity contribution in [2.24, 2.45) is 0 Å². The number of carboxylic acids is 1. The van der Waals surface area contributed by atoms with Gasteiger partial charge < -0.3 is 5.11 Å². The third kappa shape index (κ3) is 2.96. The van der Waals surface area contributed by atoms with Crippen LogP contribution in [-0.4, -0.2) is 33.4 Å². The Hall–Kier alpha value is -0.590. The summed E-state index contributed by atoms with van der Waals surface area (Å²) in [6.45, 7) is 1.74. The molecule has 1 aliphatic rings. The monoisotopic (exact) mass is 258 g/mol. The molecule has 1 fully saturated rings. The predicted octanol–water partition coefficient (Wildman–Crippen LogP) is 1.83. The average molecular weight is 258 g/mol. The Kier molecular flexibility index (Phi) is 3.51. The first kappa shape index (κ1) is 11.9. The van der Waals surface area contributed by atoms with E-state index in [1.54, 1.807) is 24.5 Å². The number of aliphatic carboxylic acids is 1. The number of nitrogens with zero attached hydrogens (tertiary/aromatic N) is 1. The van der Waals surface area contributed by atoms with E-state index in [9.17, 15) is 9.90 Å². The van der Waals surface area contributed by atoms with E-state index >= 15 is 0 Å². The highest BCUT2D eigenvalue weighted by Crippen LogP contribution is 2.28. The average Bonchev–Trinajstić information content (AvgIpc) is 2.89. The molecule has 2 rings (SSSR count). The van der Waals surface area contributed by atoms with Crippen LogP contribution in [0.4, 0.5) is 0 Å². The van der Waals surface area contributed by atoms with Gasteiger partial charge in [-0.05, 0) is 19.8 Å². The lowest BCUT2D eigenvalue weighted by Gasteiger charge is -2.25. The number of hydrogen-bond acceptors (Lipinski definition) is 5. The molecule has 0 aliphatic heterocycles. The van der Waals surface area contributed by atoms with Gasteiger partial charge in [-0.15, -0.1) is 11.3 Å². The molecular formula is C10H14N2O2S2. The van der Waals surface area contributed by atoms with Crippen molar-refractivity contribution < 1.29 is 9.90 Å². The van der Waals surface area contributed by atoms with E-state index in [0.717, 1.165) is 17.2 Å². The standard InChI is InChI=1S/C10H14N2O2S2/c1-10(8(13)14,12-7-2-3-7)6-16-9-11-4-5-15-9/h4-5,7,12H,2-3,6H2,1H3,(H,13,14). The lowest BCUT2D eigenvalue weighted by atomic mass is 10.1. The zero-order valence-electron chi connectivity index (χ0n) is 8.97. The Balaban J connectivity index is 1.93. The molecule has 1 heterocycles.